The molecule has 11 rings (SSSR count). The fourth-order valence-electron chi connectivity index (χ4n) is 9.18. The smallest absolute Gasteiger partial charge is 0.0540 e. The van der Waals surface area contributed by atoms with Gasteiger partial charge >= 0.3 is 0 Å². The summed E-state index contributed by atoms with van der Waals surface area (Å²) in [4.78, 5) is 2.45. The first-order chi connectivity index (χ1) is 32.2. The molecule has 0 atom stereocenters. The number of hydrogen-bond acceptors (Lipinski definition) is 1. The lowest BCUT2D eigenvalue weighted by Gasteiger charge is -2.31. The van der Waals surface area contributed by atoms with E-state index < -0.39 is 0 Å². The summed E-state index contributed by atoms with van der Waals surface area (Å²) in [6.07, 6.45) is 0. The highest BCUT2D eigenvalue weighted by molar-refractivity contribution is 5.97. The molecule has 65 heavy (non-hydrogen) atoms. The molecule has 0 bridgehead atoms. The van der Waals surface area contributed by atoms with Gasteiger partial charge in [0.2, 0.25) is 0 Å². The van der Waals surface area contributed by atoms with Gasteiger partial charge in [-0.15, -0.1) is 0 Å². The molecule has 0 N–H and O–H groups in total. The Hall–Kier alpha value is -8.52. The highest BCUT2D eigenvalue weighted by atomic mass is 15.1. The Balaban J connectivity index is 1.09. The molecule has 0 radical (unpaired) electrons. The van der Waals surface area contributed by atoms with Crippen molar-refractivity contribution < 1.29 is 0 Å². The summed E-state index contributed by atoms with van der Waals surface area (Å²) < 4.78 is 0. The lowest BCUT2D eigenvalue weighted by Crippen LogP contribution is -2.13. The third kappa shape index (κ3) is 8.04. The molecule has 306 valence electrons. The van der Waals surface area contributed by atoms with Gasteiger partial charge in [0.15, 0.2) is 0 Å². The average molecular weight is 828 g/mol. The van der Waals surface area contributed by atoms with E-state index in [9.17, 15) is 0 Å². The maximum atomic E-state index is 2.45. The van der Waals surface area contributed by atoms with Crippen LogP contribution in [0, 0.1) is 0 Å². The fourth-order valence-corrected chi connectivity index (χ4v) is 9.18. The number of anilines is 3. The van der Waals surface area contributed by atoms with Gasteiger partial charge < -0.3 is 4.90 Å². The van der Waals surface area contributed by atoms with Crippen LogP contribution in [0.4, 0.5) is 17.1 Å². The van der Waals surface area contributed by atoms with Crippen molar-refractivity contribution >= 4 is 27.8 Å². The molecular weight excluding hydrogens is 783 g/mol. The Morgan fingerprint density at radius 1 is 0.185 bits per heavy atom. The molecule has 11 aromatic rings. The summed E-state index contributed by atoms with van der Waals surface area (Å²) in [5, 5.41) is 2.48. The molecule has 0 aliphatic rings. The van der Waals surface area contributed by atoms with E-state index in [1.807, 2.05) is 0 Å². The molecule has 0 spiro atoms. The summed E-state index contributed by atoms with van der Waals surface area (Å²) in [5.41, 5.74) is 19.7. The van der Waals surface area contributed by atoms with E-state index in [1.165, 1.54) is 60.8 Å². The minimum absolute atomic E-state index is 1.07. The predicted molar refractivity (Wildman–Crippen MR) is 277 cm³/mol. The van der Waals surface area contributed by atoms with Gasteiger partial charge in [-0.05, 0) is 126 Å². The average Bonchev–Trinajstić information content (AvgIpc) is 3.40. The summed E-state index contributed by atoms with van der Waals surface area (Å²) in [7, 11) is 0. The second-order valence-corrected chi connectivity index (χ2v) is 16.5. The molecule has 0 amide bonds. The van der Waals surface area contributed by atoms with Crippen LogP contribution < -0.4 is 4.90 Å². The first kappa shape index (κ1) is 39.3. The van der Waals surface area contributed by atoms with Crippen LogP contribution in [0.2, 0.25) is 0 Å². The molecule has 0 aromatic heterocycles. The number of fused-ring (bicyclic) bond motifs is 1. The Morgan fingerprint density at radius 2 is 0.538 bits per heavy atom. The van der Waals surface area contributed by atoms with Crippen LogP contribution in [0.3, 0.4) is 0 Å². The van der Waals surface area contributed by atoms with Gasteiger partial charge in [-0.3, -0.25) is 0 Å². The molecule has 0 unspecified atom stereocenters. The van der Waals surface area contributed by atoms with Crippen LogP contribution in [0.15, 0.2) is 273 Å². The first-order valence-corrected chi connectivity index (χ1v) is 22.3. The zero-order chi connectivity index (χ0) is 43.4. The summed E-state index contributed by atoms with van der Waals surface area (Å²) >= 11 is 0. The number of rotatable bonds is 10. The third-order valence-electron chi connectivity index (χ3n) is 12.5. The Labute approximate surface area is 381 Å². The maximum Gasteiger partial charge on any atom is 0.0540 e. The highest BCUT2D eigenvalue weighted by Crippen LogP contribution is 2.47. The molecule has 11 aromatic carbocycles. The van der Waals surface area contributed by atoms with Crippen LogP contribution in [0.5, 0.6) is 0 Å². The van der Waals surface area contributed by atoms with Gasteiger partial charge in [0, 0.05) is 16.8 Å². The summed E-state index contributed by atoms with van der Waals surface area (Å²) in [5.74, 6) is 0. The van der Waals surface area contributed by atoms with E-state index in [0.717, 1.165) is 44.9 Å². The third-order valence-corrected chi connectivity index (χ3v) is 12.5. The zero-order valence-electron chi connectivity index (χ0n) is 35.9. The van der Waals surface area contributed by atoms with Crippen molar-refractivity contribution in [2.24, 2.45) is 0 Å². The minimum atomic E-state index is 1.07. The van der Waals surface area contributed by atoms with Gasteiger partial charge in [-0.2, -0.15) is 0 Å². The lowest BCUT2D eigenvalue weighted by molar-refractivity contribution is 1.28. The molecule has 1 nitrogen and oxygen atoms in total. The van der Waals surface area contributed by atoms with E-state index >= 15 is 0 Å². The van der Waals surface area contributed by atoms with Crippen LogP contribution in [-0.4, -0.2) is 0 Å². The Kier molecular flexibility index (Phi) is 10.7. The highest BCUT2D eigenvalue weighted by Gasteiger charge is 2.22. The van der Waals surface area contributed by atoms with Gasteiger partial charge in [-0.25, -0.2) is 0 Å². The monoisotopic (exact) mass is 827 g/mol. The van der Waals surface area contributed by atoms with Gasteiger partial charge in [-0.1, -0.05) is 224 Å². The number of hydrogen-bond donors (Lipinski definition) is 0. The lowest BCUT2D eigenvalue weighted by atomic mass is 9.90. The van der Waals surface area contributed by atoms with Crippen molar-refractivity contribution in [3.63, 3.8) is 0 Å². The van der Waals surface area contributed by atoms with E-state index in [2.05, 4.69) is 278 Å². The van der Waals surface area contributed by atoms with Crippen molar-refractivity contribution in [3.8, 4) is 77.9 Å². The van der Waals surface area contributed by atoms with E-state index in [0.29, 0.717) is 0 Å². The Bertz CT molecular complexity index is 3250. The predicted octanol–water partition coefficient (Wildman–Crippen LogP) is 18.0. The minimum Gasteiger partial charge on any atom is -0.309 e. The fraction of sp³-hybridized carbons (Fsp3) is 0. The second-order valence-electron chi connectivity index (χ2n) is 16.5. The summed E-state index contributed by atoms with van der Waals surface area (Å²) in [6, 6.07) is 99.0. The molecular formula is C64H45N. The van der Waals surface area contributed by atoms with Crippen molar-refractivity contribution in [2.75, 3.05) is 4.90 Å². The second kappa shape index (κ2) is 17.7. The van der Waals surface area contributed by atoms with Gasteiger partial charge in [0.05, 0.1) is 11.4 Å². The van der Waals surface area contributed by atoms with Crippen LogP contribution >= 0.6 is 0 Å². The normalized spacial score (nSPS) is 11.1. The molecule has 0 saturated carbocycles. The largest absolute Gasteiger partial charge is 0.309 e. The molecule has 0 aliphatic carbocycles. The van der Waals surface area contributed by atoms with Crippen molar-refractivity contribution in [2.45, 2.75) is 0 Å². The van der Waals surface area contributed by atoms with E-state index in [-0.39, 0.29) is 0 Å². The van der Waals surface area contributed by atoms with E-state index in [4.69, 9.17) is 0 Å². The standard InChI is InChI=1S/C64H45N/c1-6-18-46(19-7-1)55-35-40-63(61(44-55)51-25-12-4-13-26-51)65(64-41-36-56(47-20-8-2-9-21-47)45-62(64)52-27-14-5-15-28-52)58-37-32-49(33-38-58)54-34-39-59(60(43-54)50-23-10-3-11-24-50)57-31-30-48-22-16-17-29-53(48)42-57/h1-45H. The maximum absolute atomic E-state index is 2.45. The quantitative estimate of drug-likeness (QED) is 0.133. The van der Waals surface area contributed by atoms with Crippen LogP contribution in [0.1, 0.15) is 0 Å². The molecule has 0 fully saturated rings. The van der Waals surface area contributed by atoms with Crippen LogP contribution in [-0.2, 0) is 0 Å². The number of nitrogens with zero attached hydrogens (tertiary/aromatic N) is 1. The summed E-state index contributed by atoms with van der Waals surface area (Å²) in [6.45, 7) is 0. The zero-order valence-corrected chi connectivity index (χ0v) is 35.9. The van der Waals surface area contributed by atoms with Gasteiger partial charge in [0.1, 0.15) is 0 Å². The SMILES string of the molecule is c1ccc(-c2ccc(N(c3ccc(-c4ccc(-c5ccc6ccccc6c5)c(-c5ccccc5)c4)cc3)c3ccc(-c4ccccc4)cc3-c3ccccc3)c(-c3ccccc3)c2)cc1. The van der Waals surface area contributed by atoms with Crippen molar-refractivity contribution in [1.82, 2.24) is 0 Å². The van der Waals surface area contributed by atoms with Crippen molar-refractivity contribution in [3.05, 3.63) is 273 Å². The molecule has 0 heterocycles. The molecule has 0 saturated heterocycles. The van der Waals surface area contributed by atoms with Crippen LogP contribution in [0.25, 0.3) is 88.7 Å². The van der Waals surface area contributed by atoms with E-state index in [1.54, 1.807) is 0 Å². The molecule has 1 heteroatoms. The first-order valence-electron chi connectivity index (χ1n) is 22.3. The number of benzene rings is 11. The van der Waals surface area contributed by atoms with Gasteiger partial charge in [0.25, 0.3) is 0 Å². The topological polar surface area (TPSA) is 3.24 Å². The Morgan fingerprint density at radius 3 is 1.03 bits per heavy atom. The molecule has 0 aliphatic heterocycles. The van der Waals surface area contributed by atoms with Crippen molar-refractivity contribution in [1.29, 1.82) is 0 Å².